The molecule has 0 aromatic rings. The smallest absolute Gasteiger partial charge is 0.244 e. The van der Waals surface area contributed by atoms with Crippen LogP contribution in [0.3, 0.4) is 0 Å². The molecule has 0 heterocycles. The Balaban J connectivity index is 3.45. The van der Waals surface area contributed by atoms with Crippen molar-refractivity contribution in [2.75, 3.05) is 13.2 Å². The Morgan fingerprint density at radius 3 is 1.48 bits per heavy atom. The summed E-state index contributed by atoms with van der Waals surface area (Å²) in [6.45, 7) is 10.4. The molecule has 2 nitrogen and oxygen atoms in total. The van der Waals surface area contributed by atoms with Crippen LogP contribution in [0.1, 0.15) is 79.1 Å². The number of hydrogen-bond acceptors (Lipinski definition) is 3. The third-order valence-electron chi connectivity index (χ3n) is 3.36. The van der Waals surface area contributed by atoms with Crippen LogP contribution >= 0.6 is 17.9 Å². The third kappa shape index (κ3) is 17.1. The van der Waals surface area contributed by atoms with Gasteiger partial charge in [-0.3, -0.25) is 0 Å². The first kappa shape index (κ1) is 21.9. The van der Waals surface area contributed by atoms with Crippen molar-refractivity contribution in [3.05, 3.63) is 0 Å². The fourth-order valence-electron chi connectivity index (χ4n) is 2.06. The Hall–Kier alpha value is 0.920. The van der Waals surface area contributed by atoms with Crippen molar-refractivity contribution in [1.82, 2.24) is 0 Å². The molecule has 0 aromatic carbocycles. The molecular formula is C16H35O2PS2. The lowest BCUT2D eigenvalue weighted by atomic mass is 10.1. The van der Waals surface area contributed by atoms with Crippen molar-refractivity contribution in [3.8, 4) is 0 Å². The molecule has 0 aliphatic rings. The summed E-state index contributed by atoms with van der Waals surface area (Å²) < 4.78 is 11.3. The van der Waals surface area contributed by atoms with Gasteiger partial charge in [0.1, 0.15) is 0 Å². The largest absolute Gasteiger partial charge is 0.322 e. The van der Waals surface area contributed by atoms with E-state index in [1.54, 1.807) is 0 Å². The number of thiol groups is 1. The number of rotatable bonds is 14. The predicted octanol–water partition coefficient (Wildman–Crippen LogP) is 6.61. The lowest BCUT2D eigenvalue weighted by Gasteiger charge is -2.16. The minimum atomic E-state index is -2.30. The molecule has 0 saturated carbocycles. The van der Waals surface area contributed by atoms with Crippen molar-refractivity contribution in [3.63, 3.8) is 0 Å². The van der Waals surface area contributed by atoms with E-state index < -0.39 is 5.69 Å². The molecule has 0 radical (unpaired) electrons. The van der Waals surface area contributed by atoms with Crippen LogP contribution in [-0.2, 0) is 20.9 Å². The van der Waals surface area contributed by atoms with Gasteiger partial charge < -0.3 is 9.05 Å². The second kappa shape index (κ2) is 13.4. The standard InChI is InChI=1S/C16H35O2PS2/c1-15(2)11-7-5-9-13-17-19(20,21)18-14-10-6-8-12-16(3)4/h15-16H,5-14H2,1-4H3,(H,20,21). The molecule has 128 valence electrons. The molecule has 0 aliphatic carbocycles. The lowest BCUT2D eigenvalue weighted by molar-refractivity contribution is 0.249. The number of hydrogen-bond donors (Lipinski definition) is 1. The van der Waals surface area contributed by atoms with Crippen LogP contribution in [0.15, 0.2) is 0 Å². The Bertz CT molecular complexity index is 259. The third-order valence-corrected chi connectivity index (χ3v) is 5.70. The highest BCUT2D eigenvalue weighted by molar-refractivity contribution is 8.60. The topological polar surface area (TPSA) is 18.5 Å². The maximum Gasteiger partial charge on any atom is 0.244 e. The highest BCUT2D eigenvalue weighted by Gasteiger charge is 2.12. The minimum Gasteiger partial charge on any atom is -0.322 e. The summed E-state index contributed by atoms with van der Waals surface area (Å²) in [6, 6.07) is 0. The summed E-state index contributed by atoms with van der Waals surface area (Å²) in [5.41, 5.74) is -2.30. The first-order chi connectivity index (χ1) is 9.83. The Morgan fingerprint density at radius 2 is 1.14 bits per heavy atom. The maximum atomic E-state index is 5.65. The van der Waals surface area contributed by atoms with Gasteiger partial charge in [-0.25, -0.2) is 0 Å². The predicted molar refractivity (Wildman–Crippen MR) is 102 cm³/mol. The van der Waals surface area contributed by atoms with Crippen molar-refractivity contribution in [2.45, 2.75) is 79.1 Å². The molecular weight excluding hydrogens is 319 g/mol. The van der Waals surface area contributed by atoms with Crippen LogP contribution in [0.25, 0.3) is 0 Å². The van der Waals surface area contributed by atoms with Gasteiger partial charge in [0, 0.05) is 0 Å². The molecule has 0 aromatic heterocycles. The zero-order chi connectivity index (χ0) is 16.1. The van der Waals surface area contributed by atoms with Crippen LogP contribution < -0.4 is 0 Å². The van der Waals surface area contributed by atoms with Gasteiger partial charge in [-0.2, -0.15) is 0 Å². The molecule has 21 heavy (non-hydrogen) atoms. The maximum absolute atomic E-state index is 5.65. The van der Waals surface area contributed by atoms with Gasteiger partial charge in [-0.05, 0) is 36.5 Å². The Morgan fingerprint density at radius 1 is 0.762 bits per heavy atom. The fraction of sp³-hybridized carbons (Fsp3) is 1.00. The minimum absolute atomic E-state index is 0.687. The molecule has 0 atom stereocenters. The summed E-state index contributed by atoms with van der Waals surface area (Å²) >= 11 is 9.70. The van der Waals surface area contributed by atoms with Crippen molar-refractivity contribution in [1.29, 1.82) is 0 Å². The quantitative estimate of drug-likeness (QED) is 0.215. The van der Waals surface area contributed by atoms with Gasteiger partial charge in [-0.15, -0.1) is 0 Å². The molecule has 0 bridgehead atoms. The molecule has 0 fully saturated rings. The number of unbranched alkanes of at least 4 members (excludes halogenated alkanes) is 4. The Labute approximate surface area is 143 Å². The van der Waals surface area contributed by atoms with Crippen LogP contribution in [0.2, 0.25) is 0 Å². The van der Waals surface area contributed by atoms with Crippen LogP contribution in [0.5, 0.6) is 0 Å². The van der Waals surface area contributed by atoms with Gasteiger partial charge in [0.05, 0.1) is 13.2 Å². The molecule has 0 saturated heterocycles. The molecule has 0 amide bonds. The van der Waals surface area contributed by atoms with E-state index >= 15 is 0 Å². The molecule has 0 aliphatic heterocycles. The zero-order valence-electron chi connectivity index (χ0n) is 14.3. The van der Waals surface area contributed by atoms with Gasteiger partial charge in [0.25, 0.3) is 0 Å². The first-order valence-corrected chi connectivity index (χ1v) is 12.2. The van der Waals surface area contributed by atoms with Crippen LogP contribution in [0, 0.1) is 11.8 Å². The average Bonchev–Trinajstić information content (AvgIpc) is 2.37. The Kier molecular flexibility index (Phi) is 14.0. The zero-order valence-corrected chi connectivity index (χ0v) is 17.0. The second-order valence-electron chi connectivity index (χ2n) is 6.62. The van der Waals surface area contributed by atoms with E-state index in [2.05, 4.69) is 39.9 Å². The van der Waals surface area contributed by atoms with Crippen molar-refractivity contribution >= 4 is 29.7 Å². The van der Waals surface area contributed by atoms with E-state index in [4.69, 9.17) is 20.9 Å². The van der Waals surface area contributed by atoms with E-state index in [-0.39, 0.29) is 0 Å². The second-order valence-corrected chi connectivity index (χ2v) is 11.9. The summed E-state index contributed by atoms with van der Waals surface area (Å²) in [4.78, 5) is 0. The van der Waals surface area contributed by atoms with Gasteiger partial charge in [0.2, 0.25) is 5.69 Å². The van der Waals surface area contributed by atoms with E-state index in [1.165, 1.54) is 38.5 Å². The molecule has 0 rings (SSSR count). The summed E-state index contributed by atoms with van der Waals surface area (Å²) in [7, 11) is 0. The van der Waals surface area contributed by atoms with Gasteiger partial charge in [-0.1, -0.05) is 78.5 Å². The molecule has 0 unspecified atom stereocenters. The molecule has 5 heteroatoms. The fourth-order valence-corrected chi connectivity index (χ4v) is 3.79. The average molecular weight is 355 g/mol. The highest BCUT2D eigenvalue weighted by atomic mass is 32.9. The van der Waals surface area contributed by atoms with Crippen molar-refractivity contribution in [2.24, 2.45) is 11.8 Å². The van der Waals surface area contributed by atoms with Crippen LogP contribution in [-0.4, -0.2) is 13.2 Å². The monoisotopic (exact) mass is 354 g/mol. The van der Waals surface area contributed by atoms with E-state index in [0.29, 0.717) is 13.2 Å². The highest BCUT2D eigenvalue weighted by Crippen LogP contribution is 2.53. The van der Waals surface area contributed by atoms with Crippen LogP contribution in [0.4, 0.5) is 0 Å². The van der Waals surface area contributed by atoms with Gasteiger partial charge in [0.15, 0.2) is 0 Å². The molecule has 0 spiro atoms. The molecule has 0 N–H and O–H groups in total. The normalized spacial score (nSPS) is 12.5. The summed E-state index contributed by atoms with van der Waals surface area (Å²) in [5.74, 6) is 1.58. The van der Waals surface area contributed by atoms with E-state index in [0.717, 1.165) is 24.7 Å². The lowest BCUT2D eigenvalue weighted by Crippen LogP contribution is -1.97. The van der Waals surface area contributed by atoms with E-state index in [1.807, 2.05) is 0 Å². The summed E-state index contributed by atoms with van der Waals surface area (Å²) in [5, 5.41) is 0. The first-order valence-electron chi connectivity index (χ1n) is 8.45. The SMILES string of the molecule is CC(C)CCCCCOP(=S)(S)OCCCCCC(C)C. The summed E-state index contributed by atoms with van der Waals surface area (Å²) in [6.07, 6.45) is 9.66. The van der Waals surface area contributed by atoms with E-state index in [9.17, 15) is 0 Å². The van der Waals surface area contributed by atoms with Gasteiger partial charge >= 0.3 is 0 Å². The van der Waals surface area contributed by atoms with Crippen molar-refractivity contribution < 1.29 is 9.05 Å².